The largest absolute Gasteiger partial charge is 0.412 e. The number of hydrogen-bond acceptors (Lipinski definition) is 6. The number of Topliss-reactive ketones (excluding diaryl/α,β-unsaturated/α-hetero) is 4. The molecule has 0 heterocycles. The van der Waals surface area contributed by atoms with Gasteiger partial charge in [0, 0.05) is 22.3 Å². The van der Waals surface area contributed by atoms with Gasteiger partial charge in [-0.15, -0.1) is 0 Å². The fraction of sp³-hybridized carbons (Fsp3) is 0.0714. The first-order valence-electron chi connectivity index (χ1n) is 20.4. The average molecular weight is 831 g/mol. The van der Waals surface area contributed by atoms with Crippen LogP contribution in [0, 0.1) is 0 Å². The summed E-state index contributed by atoms with van der Waals surface area (Å²) in [6, 6.07) is 73.3. The Balaban J connectivity index is 0.000000206. The predicted molar refractivity (Wildman–Crippen MR) is 246 cm³/mol. The third kappa shape index (κ3) is 11.8. The quantitative estimate of drug-likeness (QED) is 0.0895. The van der Waals surface area contributed by atoms with Crippen LogP contribution in [0.15, 0.2) is 243 Å². The molecule has 63 heavy (non-hydrogen) atoms. The highest BCUT2D eigenvalue weighted by molar-refractivity contribution is 6.03. The van der Waals surface area contributed by atoms with E-state index in [1.807, 2.05) is 194 Å². The van der Waals surface area contributed by atoms with Gasteiger partial charge in [0.1, 0.15) is 24.4 Å². The SMILES string of the molecule is O.O=C(c1ccccc1)C(OC(C(=O)c1ccccc1)c1ccccc1)c1ccccc1.O=C(c1ccccc1)C(OC(C(=O)c1ccccc1)c1ccccc1)c1ccccc1. The fourth-order valence-corrected chi connectivity index (χ4v) is 6.97. The molecule has 0 aliphatic heterocycles. The minimum atomic E-state index is -0.915. The smallest absolute Gasteiger partial charge is 0.196 e. The van der Waals surface area contributed by atoms with Crippen LogP contribution in [-0.2, 0) is 9.47 Å². The molecular weight excluding hydrogens is 785 g/mol. The number of ether oxygens (including phenoxy) is 2. The van der Waals surface area contributed by atoms with Crippen LogP contribution < -0.4 is 0 Å². The molecule has 0 aromatic heterocycles. The van der Waals surface area contributed by atoms with Crippen LogP contribution in [0.3, 0.4) is 0 Å². The van der Waals surface area contributed by atoms with Crippen molar-refractivity contribution in [3.63, 3.8) is 0 Å². The van der Waals surface area contributed by atoms with E-state index in [4.69, 9.17) is 9.47 Å². The van der Waals surface area contributed by atoms with Gasteiger partial charge in [-0.3, -0.25) is 19.2 Å². The van der Waals surface area contributed by atoms with Crippen molar-refractivity contribution in [3.8, 4) is 0 Å². The fourth-order valence-electron chi connectivity index (χ4n) is 6.97. The molecule has 7 heteroatoms. The minimum Gasteiger partial charge on any atom is -0.412 e. The Labute approximate surface area is 367 Å². The highest BCUT2D eigenvalue weighted by Crippen LogP contribution is 2.34. The first-order valence-corrected chi connectivity index (χ1v) is 20.4. The van der Waals surface area contributed by atoms with Crippen LogP contribution in [0.4, 0.5) is 0 Å². The Morgan fingerprint density at radius 1 is 0.238 bits per heavy atom. The summed E-state index contributed by atoms with van der Waals surface area (Å²) in [4.78, 5) is 53.7. The van der Waals surface area contributed by atoms with Crippen molar-refractivity contribution in [3.05, 3.63) is 287 Å². The Morgan fingerprint density at radius 3 is 0.540 bits per heavy atom. The summed E-state index contributed by atoms with van der Waals surface area (Å²) in [6.07, 6.45) is -3.66. The molecule has 0 fully saturated rings. The van der Waals surface area contributed by atoms with E-state index in [1.165, 1.54) is 0 Å². The zero-order chi connectivity index (χ0) is 42.9. The molecule has 0 saturated carbocycles. The van der Waals surface area contributed by atoms with E-state index < -0.39 is 24.4 Å². The summed E-state index contributed by atoms with van der Waals surface area (Å²) in [5.74, 6) is -0.746. The summed E-state index contributed by atoms with van der Waals surface area (Å²) in [5.41, 5.74) is 4.98. The van der Waals surface area contributed by atoms with E-state index in [9.17, 15) is 19.2 Å². The second-order valence-electron chi connectivity index (χ2n) is 14.4. The standard InChI is InChI=1S/2C28H22O3.H2O/c2*29-25(21-13-5-1-6-14-21)27(23-17-9-3-10-18-23)31-28(24-19-11-4-12-20-24)26(30)22-15-7-2-8-16-22;/h2*1-20,27-28H;1H2. The number of carbonyl (C=O) groups is 4. The second-order valence-corrected chi connectivity index (χ2v) is 14.4. The van der Waals surface area contributed by atoms with Crippen molar-refractivity contribution in [1.82, 2.24) is 0 Å². The van der Waals surface area contributed by atoms with Gasteiger partial charge in [-0.05, 0) is 22.3 Å². The minimum absolute atomic E-state index is 0. The van der Waals surface area contributed by atoms with Crippen molar-refractivity contribution >= 4 is 23.1 Å². The van der Waals surface area contributed by atoms with Gasteiger partial charge < -0.3 is 14.9 Å². The van der Waals surface area contributed by atoms with E-state index in [-0.39, 0.29) is 28.6 Å². The molecule has 8 aromatic rings. The molecule has 7 nitrogen and oxygen atoms in total. The molecule has 0 bridgehead atoms. The highest BCUT2D eigenvalue weighted by atomic mass is 16.5. The second kappa shape index (κ2) is 22.8. The predicted octanol–water partition coefficient (Wildman–Crippen LogP) is 11.7. The number of hydrogen-bond donors (Lipinski definition) is 0. The summed E-state index contributed by atoms with van der Waals surface area (Å²) in [7, 11) is 0. The topological polar surface area (TPSA) is 118 Å². The Morgan fingerprint density at radius 2 is 0.381 bits per heavy atom. The van der Waals surface area contributed by atoms with E-state index in [0.717, 1.165) is 0 Å². The number of ketones is 4. The monoisotopic (exact) mass is 830 g/mol. The van der Waals surface area contributed by atoms with Crippen molar-refractivity contribution in [2.45, 2.75) is 24.4 Å². The van der Waals surface area contributed by atoms with Gasteiger partial charge in [-0.1, -0.05) is 243 Å². The van der Waals surface area contributed by atoms with Gasteiger partial charge in [0.05, 0.1) is 0 Å². The molecule has 0 spiro atoms. The third-order valence-electron chi connectivity index (χ3n) is 10.1. The summed E-state index contributed by atoms with van der Waals surface area (Å²) in [5, 5.41) is 0. The molecular formula is C56H46O7. The van der Waals surface area contributed by atoms with Crippen LogP contribution >= 0.6 is 0 Å². The van der Waals surface area contributed by atoms with Crippen LogP contribution in [0.1, 0.15) is 88.1 Å². The number of rotatable bonds is 16. The molecule has 4 unspecified atom stereocenters. The van der Waals surface area contributed by atoms with E-state index in [1.54, 1.807) is 48.5 Å². The van der Waals surface area contributed by atoms with Crippen LogP contribution in [0.5, 0.6) is 0 Å². The maximum Gasteiger partial charge on any atom is 0.196 e. The molecule has 0 amide bonds. The number of benzene rings is 8. The zero-order valence-corrected chi connectivity index (χ0v) is 34.4. The molecule has 312 valence electrons. The Hall–Kier alpha value is -7.68. The van der Waals surface area contributed by atoms with E-state index in [0.29, 0.717) is 44.5 Å². The van der Waals surface area contributed by atoms with E-state index >= 15 is 0 Å². The van der Waals surface area contributed by atoms with Gasteiger partial charge in [0.25, 0.3) is 0 Å². The van der Waals surface area contributed by atoms with E-state index in [2.05, 4.69) is 0 Å². The maximum absolute atomic E-state index is 13.4. The van der Waals surface area contributed by atoms with Gasteiger partial charge >= 0.3 is 0 Å². The maximum atomic E-state index is 13.4. The van der Waals surface area contributed by atoms with Crippen molar-refractivity contribution < 1.29 is 34.1 Å². The van der Waals surface area contributed by atoms with Gasteiger partial charge in [0.15, 0.2) is 23.1 Å². The lowest BCUT2D eigenvalue weighted by Crippen LogP contribution is -2.24. The number of carbonyl (C=O) groups excluding carboxylic acids is 4. The van der Waals surface area contributed by atoms with Gasteiger partial charge in [-0.2, -0.15) is 0 Å². The van der Waals surface area contributed by atoms with Gasteiger partial charge in [-0.25, -0.2) is 0 Å². The summed E-state index contributed by atoms with van der Waals surface area (Å²) >= 11 is 0. The van der Waals surface area contributed by atoms with Crippen molar-refractivity contribution in [1.29, 1.82) is 0 Å². The molecule has 0 aliphatic rings. The lowest BCUT2D eigenvalue weighted by molar-refractivity contribution is 0.000766. The highest BCUT2D eigenvalue weighted by Gasteiger charge is 2.33. The van der Waals surface area contributed by atoms with Crippen molar-refractivity contribution in [2.24, 2.45) is 0 Å². The molecule has 4 atom stereocenters. The first-order chi connectivity index (χ1) is 30.5. The summed E-state index contributed by atoms with van der Waals surface area (Å²) in [6.45, 7) is 0. The Kier molecular flexibility index (Phi) is 16.2. The van der Waals surface area contributed by atoms with Crippen LogP contribution in [0.2, 0.25) is 0 Å². The summed E-state index contributed by atoms with van der Waals surface area (Å²) < 4.78 is 12.7. The normalized spacial score (nSPS) is 12.4. The third-order valence-corrected chi connectivity index (χ3v) is 10.1. The van der Waals surface area contributed by atoms with Crippen LogP contribution in [0.25, 0.3) is 0 Å². The lowest BCUT2D eigenvalue weighted by atomic mass is 9.96. The van der Waals surface area contributed by atoms with Crippen molar-refractivity contribution in [2.75, 3.05) is 0 Å². The molecule has 2 N–H and O–H groups in total. The van der Waals surface area contributed by atoms with Gasteiger partial charge in [0.2, 0.25) is 0 Å². The molecule has 0 saturated heterocycles. The molecule has 8 rings (SSSR count). The zero-order valence-electron chi connectivity index (χ0n) is 34.4. The lowest BCUT2D eigenvalue weighted by Gasteiger charge is -2.24. The molecule has 8 aromatic carbocycles. The van der Waals surface area contributed by atoms with Crippen LogP contribution in [-0.4, -0.2) is 28.6 Å². The first kappa shape index (κ1) is 44.9. The average Bonchev–Trinajstić information content (AvgIpc) is 3.36. The molecule has 0 radical (unpaired) electrons. The molecule has 0 aliphatic carbocycles. The Bertz CT molecular complexity index is 2250.